The van der Waals surface area contributed by atoms with Gasteiger partial charge in [0.15, 0.2) is 11.5 Å². The highest BCUT2D eigenvalue weighted by molar-refractivity contribution is 5.88. The van der Waals surface area contributed by atoms with Gasteiger partial charge in [0.2, 0.25) is 5.82 Å². The molecular formula is C18H24N6O2. The molecule has 0 aromatic carbocycles. The minimum Gasteiger partial charge on any atom is -0.443 e. The molecule has 8 heteroatoms. The van der Waals surface area contributed by atoms with Crippen molar-refractivity contribution in [2.24, 2.45) is 5.41 Å². The highest BCUT2D eigenvalue weighted by Crippen LogP contribution is 2.25. The van der Waals surface area contributed by atoms with E-state index in [1.807, 2.05) is 26.8 Å². The summed E-state index contributed by atoms with van der Waals surface area (Å²) in [5.41, 5.74) is 2.32. The number of nitrogens with one attached hydrogen (secondary N) is 1. The number of carbonyl (C=O) groups excluding carboxylic acids is 1. The van der Waals surface area contributed by atoms with E-state index < -0.39 is 11.7 Å². The highest BCUT2D eigenvalue weighted by atomic mass is 16.6. The largest absolute Gasteiger partial charge is 0.443 e. The zero-order chi connectivity index (χ0) is 19.5. The fourth-order valence-corrected chi connectivity index (χ4v) is 2.26. The molecule has 0 atom stereocenters. The molecule has 2 aromatic heterocycles. The summed E-state index contributed by atoms with van der Waals surface area (Å²) >= 11 is 0. The number of ether oxygens (including phenoxy) is 1. The number of rotatable bonds is 3. The van der Waals surface area contributed by atoms with Crippen molar-refractivity contribution in [3.05, 3.63) is 24.2 Å². The van der Waals surface area contributed by atoms with Crippen molar-refractivity contribution in [3.8, 4) is 6.07 Å². The first-order chi connectivity index (χ1) is 12.0. The summed E-state index contributed by atoms with van der Waals surface area (Å²) in [6.07, 6.45) is 0.992. The SMILES string of the molecule is CC(C)(C)CN(NC(=O)OC(C)(C)C)c1nc(C#N)nc2ncccc12. The van der Waals surface area contributed by atoms with E-state index in [4.69, 9.17) is 4.74 Å². The van der Waals surface area contributed by atoms with Crippen LogP contribution in [-0.4, -0.2) is 33.2 Å². The first-order valence-electron chi connectivity index (χ1n) is 8.28. The second-order valence-corrected chi connectivity index (χ2v) is 8.12. The molecule has 2 aromatic rings. The van der Waals surface area contributed by atoms with E-state index in [-0.39, 0.29) is 11.2 Å². The van der Waals surface area contributed by atoms with Gasteiger partial charge in [-0.2, -0.15) is 15.2 Å². The lowest BCUT2D eigenvalue weighted by atomic mass is 9.96. The Morgan fingerprint density at radius 2 is 1.96 bits per heavy atom. The number of fused-ring (bicyclic) bond motifs is 1. The number of hydrazine groups is 1. The Hall–Kier alpha value is -2.95. The van der Waals surface area contributed by atoms with Crippen molar-refractivity contribution >= 4 is 22.9 Å². The maximum Gasteiger partial charge on any atom is 0.426 e. The molecule has 0 bridgehead atoms. The first-order valence-corrected chi connectivity index (χ1v) is 8.28. The van der Waals surface area contributed by atoms with Gasteiger partial charge in [-0.05, 0) is 38.3 Å². The van der Waals surface area contributed by atoms with Crippen LogP contribution < -0.4 is 10.4 Å². The van der Waals surface area contributed by atoms with Gasteiger partial charge in [-0.1, -0.05) is 20.8 Å². The molecule has 0 saturated carbocycles. The molecule has 1 N–H and O–H groups in total. The predicted octanol–water partition coefficient (Wildman–Crippen LogP) is 3.19. The van der Waals surface area contributed by atoms with Gasteiger partial charge in [0.25, 0.3) is 0 Å². The van der Waals surface area contributed by atoms with Gasteiger partial charge in [0.1, 0.15) is 11.7 Å². The molecule has 0 unspecified atom stereocenters. The Balaban J connectivity index is 2.50. The maximum absolute atomic E-state index is 12.3. The number of nitriles is 1. The number of nitrogens with zero attached hydrogens (tertiary/aromatic N) is 5. The average Bonchev–Trinajstić information content (AvgIpc) is 2.50. The van der Waals surface area contributed by atoms with Crippen LogP contribution in [0.25, 0.3) is 11.0 Å². The lowest BCUT2D eigenvalue weighted by molar-refractivity contribution is 0.0516. The topological polar surface area (TPSA) is 104 Å². The fraction of sp³-hybridized carbons (Fsp3) is 0.500. The molecule has 0 aliphatic rings. The van der Waals surface area contributed by atoms with Crippen molar-refractivity contribution in [2.75, 3.05) is 11.6 Å². The Labute approximate surface area is 153 Å². The second kappa shape index (κ2) is 7.12. The second-order valence-electron chi connectivity index (χ2n) is 8.12. The Morgan fingerprint density at radius 3 is 2.54 bits per heavy atom. The third-order valence-corrected chi connectivity index (χ3v) is 3.06. The van der Waals surface area contributed by atoms with E-state index in [0.717, 1.165) is 0 Å². The van der Waals surface area contributed by atoms with Crippen LogP contribution in [0.15, 0.2) is 18.3 Å². The molecule has 2 heterocycles. The van der Waals surface area contributed by atoms with E-state index in [1.54, 1.807) is 44.1 Å². The fourth-order valence-electron chi connectivity index (χ4n) is 2.26. The zero-order valence-corrected chi connectivity index (χ0v) is 16.0. The third-order valence-electron chi connectivity index (χ3n) is 3.06. The maximum atomic E-state index is 12.3. The number of hydrogen-bond acceptors (Lipinski definition) is 7. The van der Waals surface area contributed by atoms with E-state index in [9.17, 15) is 10.1 Å². The summed E-state index contributed by atoms with van der Waals surface area (Å²) in [4.78, 5) is 24.9. The predicted molar refractivity (Wildman–Crippen MR) is 98.2 cm³/mol. The Bertz CT molecular complexity index is 845. The molecule has 0 spiro atoms. The van der Waals surface area contributed by atoms with Gasteiger partial charge in [-0.25, -0.2) is 15.2 Å². The number of pyridine rings is 1. The summed E-state index contributed by atoms with van der Waals surface area (Å²) in [6.45, 7) is 11.9. The quantitative estimate of drug-likeness (QED) is 0.842. The van der Waals surface area contributed by atoms with E-state index in [1.165, 1.54) is 0 Å². The zero-order valence-electron chi connectivity index (χ0n) is 16.0. The first kappa shape index (κ1) is 19.4. The normalized spacial score (nSPS) is 11.7. The minimum atomic E-state index is -0.634. The summed E-state index contributed by atoms with van der Waals surface area (Å²) < 4.78 is 5.36. The van der Waals surface area contributed by atoms with Crippen LogP contribution in [0, 0.1) is 16.7 Å². The van der Waals surface area contributed by atoms with Gasteiger partial charge in [0, 0.05) is 12.7 Å². The smallest absolute Gasteiger partial charge is 0.426 e. The standard InChI is InChI=1S/C18H24N6O2/c1-17(2,3)11-24(23-16(25)26-18(4,5)6)15-12-8-7-9-20-14(12)21-13(10-19)22-15/h7-9H,11H2,1-6H3,(H,23,25). The molecule has 8 nitrogen and oxygen atoms in total. The number of aromatic nitrogens is 3. The summed E-state index contributed by atoms with van der Waals surface area (Å²) in [5, 5.41) is 11.5. The molecule has 26 heavy (non-hydrogen) atoms. The molecule has 0 aliphatic carbocycles. The van der Waals surface area contributed by atoms with E-state index >= 15 is 0 Å². The van der Waals surface area contributed by atoms with E-state index in [2.05, 4.69) is 20.4 Å². The Kier molecular flexibility index (Phi) is 5.30. The summed E-state index contributed by atoms with van der Waals surface area (Å²) in [5.74, 6) is 0.386. The molecular weight excluding hydrogens is 332 g/mol. The van der Waals surface area contributed by atoms with Gasteiger partial charge < -0.3 is 4.74 Å². The van der Waals surface area contributed by atoms with Crippen LogP contribution in [0.3, 0.4) is 0 Å². The number of amides is 1. The van der Waals surface area contributed by atoms with Crippen LogP contribution in [0.1, 0.15) is 47.4 Å². The monoisotopic (exact) mass is 356 g/mol. The highest BCUT2D eigenvalue weighted by Gasteiger charge is 2.25. The minimum absolute atomic E-state index is 0.0175. The molecule has 0 radical (unpaired) electrons. The van der Waals surface area contributed by atoms with Crippen LogP contribution in [0.5, 0.6) is 0 Å². The third kappa shape index (κ3) is 5.28. The van der Waals surface area contributed by atoms with Crippen molar-refractivity contribution < 1.29 is 9.53 Å². The number of hydrogen-bond donors (Lipinski definition) is 1. The molecule has 138 valence electrons. The van der Waals surface area contributed by atoms with E-state index in [0.29, 0.717) is 23.4 Å². The van der Waals surface area contributed by atoms with Crippen LogP contribution in [0.4, 0.5) is 10.6 Å². The lowest BCUT2D eigenvalue weighted by Gasteiger charge is -2.32. The molecule has 0 fully saturated rings. The van der Waals surface area contributed by atoms with Gasteiger partial charge in [-0.3, -0.25) is 5.01 Å². The summed E-state index contributed by atoms with van der Waals surface area (Å²) in [6, 6.07) is 5.49. The van der Waals surface area contributed by atoms with Crippen LogP contribution in [0.2, 0.25) is 0 Å². The summed E-state index contributed by atoms with van der Waals surface area (Å²) in [7, 11) is 0. The molecule has 2 rings (SSSR count). The van der Waals surface area contributed by atoms with Gasteiger partial charge in [0.05, 0.1) is 5.39 Å². The van der Waals surface area contributed by atoms with Crippen molar-refractivity contribution in [1.29, 1.82) is 5.26 Å². The molecule has 0 aliphatic heterocycles. The van der Waals surface area contributed by atoms with Crippen LogP contribution in [-0.2, 0) is 4.74 Å². The molecule has 0 saturated heterocycles. The molecule has 1 amide bonds. The van der Waals surface area contributed by atoms with Crippen molar-refractivity contribution in [1.82, 2.24) is 20.4 Å². The Morgan fingerprint density at radius 1 is 1.27 bits per heavy atom. The number of anilines is 1. The van der Waals surface area contributed by atoms with Crippen molar-refractivity contribution in [3.63, 3.8) is 0 Å². The average molecular weight is 356 g/mol. The van der Waals surface area contributed by atoms with Gasteiger partial charge in [-0.15, -0.1) is 0 Å². The van der Waals surface area contributed by atoms with Gasteiger partial charge >= 0.3 is 6.09 Å². The number of carbonyl (C=O) groups is 1. The van der Waals surface area contributed by atoms with Crippen LogP contribution >= 0.6 is 0 Å². The lowest BCUT2D eigenvalue weighted by Crippen LogP contribution is -2.48. The van der Waals surface area contributed by atoms with Crippen molar-refractivity contribution in [2.45, 2.75) is 47.1 Å².